The Morgan fingerprint density at radius 1 is 1.05 bits per heavy atom. The molecule has 1 aromatic carbocycles. The van der Waals surface area contributed by atoms with Crippen LogP contribution in [0.25, 0.3) is 22.3 Å². The normalized spacial score (nSPS) is 12.3. The summed E-state index contributed by atoms with van der Waals surface area (Å²) in [5, 5.41) is 9.73. The van der Waals surface area contributed by atoms with Crippen molar-refractivity contribution in [1.82, 2.24) is 19.5 Å². The quantitative estimate of drug-likeness (QED) is 0.178. The first-order chi connectivity index (χ1) is 17.2. The molecule has 202 valence electrons. The topological polar surface area (TPSA) is 129 Å². The average Bonchev–Trinajstić information content (AvgIpc) is 3.18. The van der Waals surface area contributed by atoms with Gasteiger partial charge in [-0.25, -0.2) is 14.8 Å². The molecular formula is C25H38N4O6Si2. The fraction of sp³-hybridized carbons (Fsp3) is 0.520. The second-order valence-electron chi connectivity index (χ2n) is 11.6. The number of carboxylic acids is 1. The molecule has 3 aromatic rings. The molecule has 37 heavy (non-hydrogen) atoms. The fourth-order valence-electron chi connectivity index (χ4n) is 3.47. The Kier molecular flexibility index (Phi) is 9.11. The Hall–Kier alpha value is -2.81. The maximum atomic E-state index is 13.4. The summed E-state index contributed by atoms with van der Waals surface area (Å²) in [4.78, 5) is 36.6. The predicted octanol–water partition coefficient (Wildman–Crippen LogP) is 4.80. The second-order valence-corrected chi connectivity index (χ2v) is 22.8. The van der Waals surface area contributed by atoms with Crippen molar-refractivity contribution in [2.45, 2.75) is 65.0 Å². The van der Waals surface area contributed by atoms with Crippen LogP contribution in [0.4, 0.5) is 0 Å². The van der Waals surface area contributed by atoms with E-state index in [4.69, 9.17) is 14.2 Å². The van der Waals surface area contributed by atoms with E-state index in [0.717, 1.165) is 12.1 Å². The second kappa shape index (κ2) is 11.7. The molecule has 0 atom stereocenters. The molecule has 3 rings (SSSR count). The SMILES string of the molecule is Cc1[nH]c(-c2cc(OCOCC[Si](C)(C)C)c3ncn(COCC[Si](C)(C)C)c(=O)c3c2)nc1C(=O)O. The minimum Gasteiger partial charge on any atom is -0.476 e. The lowest BCUT2D eigenvalue weighted by molar-refractivity contribution is 0.0228. The molecule has 0 aliphatic heterocycles. The maximum absolute atomic E-state index is 13.4. The lowest BCUT2D eigenvalue weighted by Crippen LogP contribution is -2.25. The van der Waals surface area contributed by atoms with Crippen molar-refractivity contribution in [3.8, 4) is 17.1 Å². The van der Waals surface area contributed by atoms with Gasteiger partial charge in [0.05, 0.1) is 5.39 Å². The van der Waals surface area contributed by atoms with Crippen molar-refractivity contribution < 1.29 is 24.1 Å². The third-order valence-corrected chi connectivity index (χ3v) is 9.18. The Morgan fingerprint density at radius 2 is 1.70 bits per heavy atom. The van der Waals surface area contributed by atoms with Gasteiger partial charge >= 0.3 is 5.97 Å². The summed E-state index contributed by atoms with van der Waals surface area (Å²) in [6.45, 7) is 16.5. The van der Waals surface area contributed by atoms with E-state index in [-0.39, 0.29) is 24.8 Å². The maximum Gasteiger partial charge on any atom is 0.356 e. The zero-order valence-electron chi connectivity index (χ0n) is 22.8. The molecule has 0 radical (unpaired) electrons. The number of ether oxygens (including phenoxy) is 3. The number of fused-ring (bicyclic) bond motifs is 1. The van der Waals surface area contributed by atoms with Gasteiger partial charge in [0.15, 0.2) is 12.5 Å². The van der Waals surface area contributed by atoms with Gasteiger partial charge in [0.2, 0.25) is 0 Å². The Morgan fingerprint density at radius 3 is 2.30 bits per heavy atom. The number of hydrogen-bond acceptors (Lipinski definition) is 7. The fourth-order valence-corrected chi connectivity index (χ4v) is 4.98. The summed E-state index contributed by atoms with van der Waals surface area (Å²) in [6.07, 6.45) is 1.46. The Balaban J connectivity index is 1.93. The molecule has 12 heteroatoms. The number of benzene rings is 1. The highest BCUT2D eigenvalue weighted by atomic mass is 28.3. The highest BCUT2D eigenvalue weighted by Crippen LogP contribution is 2.29. The van der Waals surface area contributed by atoms with Crippen LogP contribution in [0.1, 0.15) is 16.2 Å². The molecule has 10 nitrogen and oxygen atoms in total. The van der Waals surface area contributed by atoms with Crippen LogP contribution in [0.15, 0.2) is 23.3 Å². The first-order valence-corrected chi connectivity index (χ1v) is 19.8. The molecule has 0 spiro atoms. The number of H-pyrrole nitrogens is 1. The standard InChI is InChI=1S/C25H38N4O6Si2/c1-17-21(25(31)32)28-23(27-17)18-12-19-22(20(13-18)35-16-34-9-11-37(5,6)7)26-14-29(24(19)30)15-33-8-10-36(2,3)4/h12-14H,8-11,15-16H2,1-7H3,(H,27,28)(H,31,32). The highest BCUT2D eigenvalue weighted by molar-refractivity contribution is 6.76. The van der Waals surface area contributed by atoms with Crippen LogP contribution in [-0.2, 0) is 16.2 Å². The molecule has 0 saturated carbocycles. The molecule has 0 fully saturated rings. The van der Waals surface area contributed by atoms with Crippen LogP contribution in [0.5, 0.6) is 5.75 Å². The van der Waals surface area contributed by atoms with Gasteiger partial charge in [0.1, 0.15) is 30.1 Å². The van der Waals surface area contributed by atoms with E-state index in [0.29, 0.717) is 46.9 Å². The molecule has 0 aliphatic rings. The van der Waals surface area contributed by atoms with Crippen LogP contribution in [-0.4, -0.2) is 66.7 Å². The largest absolute Gasteiger partial charge is 0.476 e. The average molecular weight is 547 g/mol. The predicted molar refractivity (Wildman–Crippen MR) is 149 cm³/mol. The van der Waals surface area contributed by atoms with E-state index in [1.807, 2.05) is 0 Å². The van der Waals surface area contributed by atoms with E-state index < -0.39 is 22.1 Å². The summed E-state index contributed by atoms with van der Waals surface area (Å²) in [5.41, 5.74) is 0.955. The molecule has 2 N–H and O–H groups in total. The number of aromatic carboxylic acids is 1. The monoisotopic (exact) mass is 546 g/mol. The minimum absolute atomic E-state index is 0.00512. The Bertz CT molecular complexity index is 1310. The number of nitrogens with one attached hydrogen (secondary N) is 1. The summed E-state index contributed by atoms with van der Waals surface area (Å²) >= 11 is 0. The number of imidazole rings is 1. The third kappa shape index (κ3) is 8.09. The lowest BCUT2D eigenvalue weighted by atomic mass is 10.1. The van der Waals surface area contributed by atoms with Crippen LogP contribution >= 0.6 is 0 Å². The molecule has 2 heterocycles. The van der Waals surface area contributed by atoms with Gasteiger partial charge in [0.25, 0.3) is 5.56 Å². The molecule has 0 saturated heterocycles. The van der Waals surface area contributed by atoms with Crippen molar-refractivity contribution in [3.63, 3.8) is 0 Å². The summed E-state index contributed by atoms with van der Waals surface area (Å²) in [6, 6.07) is 5.33. The van der Waals surface area contributed by atoms with Gasteiger partial charge in [-0.2, -0.15) is 0 Å². The van der Waals surface area contributed by atoms with E-state index in [1.54, 1.807) is 19.1 Å². The number of aryl methyl sites for hydroxylation is 1. The number of nitrogens with zero attached hydrogens (tertiary/aromatic N) is 3. The van der Waals surface area contributed by atoms with E-state index in [1.165, 1.54) is 10.9 Å². The first-order valence-electron chi connectivity index (χ1n) is 12.4. The van der Waals surface area contributed by atoms with Crippen molar-refractivity contribution >= 4 is 33.0 Å². The first kappa shape index (κ1) is 28.8. The molecule has 0 aliphatic carbocycles. The number of rotatable bonds is 13. The smallest absolute Gasteiger partial charge is 0.356 e. The van der Waals surface area contributed by atoms with Crippen molar-refractivity contribution in [1.29, 1.82) is 0 Å². The van der Waals surface area contributed by atoms with E-state index in [2.05, 4.69) is 54.2 Å². The zero-order chi connectivity index (χ0) is 27.4. The number of carbonyl (C=O) groups is 1. The van der Waals surface area contributed by atoms with Gasteiger partial charge < -0.3 is 24.3 Å². The Labute approximate surface area is 219 Å². The van der Waals surface area contributed by atoms with Crippen molar-refractivity contribution in [2.75, 3.05) is 20.0 Å². The lowest BCUT2D eigenvalue weighted by Gasteiger charge is -2.17. The summed E-state index contributed by atoms with van der Waals surface area (Å²) in [5.74, 6) is -0.453. The minimum atomic E-state index is -1.25. The molecule has 0 bridgehead atoms. The van der Waals surface area contributed by atoms with Crippen LogP contribution in [0, 0.1) is 6.92 Å². The van der Waals surface area contributed by atoms with E-state index >= 15 is 0 Å². The molecule has 2 aromatic heterocycles. The molecule has 0 unspecified atom stereocenters. The highest BCUT2D eigenvalue weighted by Gasteiger charge is 2.19. The van der Waals surface area contributed by atoms with Crippen LogP contribution in [0.3, 0.4) is 0 Å². The van der Waals surface area contributed by atoms with Gasteiger partial charge in [0, 0.05) is 40.6 Å². The van der Waals surface area contributed by atoms with E-state index in [9.17, 15) is 14.7 Å². The molecule has 0 amide bonds. The third-order valence-electron chi connectivity index (χ3n) is 5.77. The molecular weight excluding hydrogens is 508 g/mol. The summed E-state index contributed by atoms with van der Waals surface area (Å²) in [7, 11) is -2.49. The van der Waals surface area contributed by atoms with Crippen molar-refractivity contribution in [2.24, 2.45) is 0 Å². The van der Waals surface area contributed by atoms with Crippen LogP contribution < -0.4 is 10.3 Å². The number of carboxylic acid groups (broad SMARTS) is 1. The van der Waals surface area contributed by atoms with Gasteiger partial charge in [-0.15, -0.1) is 0 Å². The number of aromatic nitrogens is 4. The summed E-state index contributed by atoms with van der Waals surface area (Å²) < 4.78 is 18.8. The zero-order valence-corrected chi connectivity index (χ0v) is 24.8. The number of aromatic amines is 1. The van der Waals surface area contributed by atoms with Crippen molar-refractivity contribution in [3.05, 3.63) is 40.2 Å². The van der Waals surface area contributed by atoms with Gasteiger partial charge in [-0.3, -0.25) is 9.36 Å². The number of hydrogen-bond donors (Lipinski definition) is 2. The van der Waals surface area contributed by atoms with Crippen LogP contribution in [0.2, 0.25) is 51.4 Å². The van der Waals surface area contributed by atoms with Gasteiger partial charge in [-0.05, 0) is 31.1 Å². The van der Waals surface area contributed by atoms with Gasteiger partial charge in [-0.1, -0.05) is 39.3 Å².